The summed E-state index contributed by atoms with van der Waals surface area (Å²) in [6, 6.07) is 29.9. The summed E-state index contributed by atoms with van der Waals surface area (Å²) in [5.74, 6) is 2.24. The van der Waals surface area contributed by atoms with E-state index in [1.807, 2.05) is 86.6 Å². The van der Waals surface area contributed by atoms with Crippen LogP contribution in [-0.2, 0) is 17.2 Å². The number of thioether (sulfide) groups is 1. The number of fused-ring (bicyclic) bond motifs is 1. The molecule has 0 saturated heterocycles. The molecule has 0 aliphatic carbocycles. The van der Waals surface area contributed by atoms with Crippen molar-refractivity contribution < 1.29 is 14.3 Å². The van der Waals surface area contributed by atoms with Crippen molar-refractivity contribution >= 4 is 52.5 Å². The number of benzene rings is 4. The van der Waals surface area contributed by atoms with Gasteiger partial charge >= 0.3 is 0 Å². The number of aromatic nitrogens is 3. The molecular formula is C35H31Cl2N5O3S. The highest BCUT2D eigenvalue weighted by molar-refractivity contribution is 7.98. The van der Waals surface area contributed by atoms with Crippen LogP contribution in [0.5, 0.6) is 11.5 Å². The van der Waals surface area contributed by atoms with E-state index >= 15 is 0 Å². The molecule has 8 nitrogen and oxygen atoms in total. The van der Waals surface area contributed by atoms with Crippen LogP contribution in [0.15, 0.2) is 113 Å². The lowest BCUT2D eigenvalue weighted by atomic mass is 9.95. The zero-order valence-corrected chi connectivity index (χ0v) is 27.5. The van der Waals surface area contributed by atoms with Crippen LogP contribution in [0, 0.1) is 0 Å². The highest BCUT2D eigenvalue weighted by Gasteiger charge is 2.34. The summed E-state index contributed by atoms with van der Waals surface area (Å²) in [5, 5.41) is 13.0. The Morgan fingerprint density at radius 3 is 2.50 bits per heavy atom. The predicted molar refractivity (Wildman–Crippen MR) is 184 cm³/mol. The number of allylic oxidation sites excluding steroid dienone is 1. The number of ether oxygens (including phenoxy) is 2. The molecule has 0 radical (unpaired) electrons. The van der Waals surface area contributed by atoms with E-state index in [0.717, 1.165) is 11.1 Å². The largest absolute Gasteiger partial charge is 0.492 e. The topological polar surface area (TPSA) is 90.3 Å². The molecule has 1 aromatic heterocycles. The Morgan fingerprint density at radius 2 is 1.74 bits per heavy atom. The van der Waals surface area contributed by atoms with E-state index in [9.17, 15) is 4.79 Å². The first kappa shape index (κ1) is 31.5. The molecule has 1 aliphatic heterocycles. The lowest BCUT2D eigenvalue weighted by molar-refractivity contribution is -0.113. The molecule has 2 heterocycles. The van der Waals surface area contributed by atoms with Gasteiger partial charge in [-0.05, 0) is 61.4 Å². The second-order valence-electron chi connectivity index (χ2n) is 10.5. The summed E-state index contributed by atoms with van der Waals surface area (Å²) in [6.07, 6.45) is 0. The second-order valence-corrected chi connectivity index (χ2v) is 12.3. The van der Waals surface area contributed by atoms with Crippen molar-refractivity contribution in [2.45, 2.75) is 37.4 Å². The number of hydrogen-bond acceptors (Lipinski definition) is 7. The molecule has 5 aromatic rings. The van der Waals surface area contributed by atoms with Crippen LogP contribution in [0.4, 0.5) is 11.6 Å². The molecule has 1 atom stereocenters. The first-order valence-corrected chi connectivity index (χ1v) is 16.4. The Kier molecular flexibility index (Phi) is 9.82. The van der Waals surface area contributed by atoms with E-state index in [1.165, 1.54) is 17.3 Å². The van der Waals surface area contributed by atoms with Crippen molar-refractivity contribution in [2.24, 2.45) is 0 Å². The van der Waals surface area contributed by atoms with Crippen molar-refractivity contribution in [3.8, 4) is 11.5 Å². The fourth-order valence-corrected chi connectivity index (χ4v) is 6.35. The SMILES string of the molecule is CCOc1ccccc1NC(=O)C1=C(C)Nc2nc(SCc3ccccc3)nn2C1c1ccc(OCc2ccc(Cl)cc2Cl)cc1. The number of rotatable bonds is 11. The number of carbonyl (C=O) groups excluding carboxylic acids is 1. The number of halogens is 2. The molecular weight excluding hydrogens is 641 g/mol. The maximum absolute atomic E-state index is 14.0. The van der Waals surface area contributed by atoms with Crippen LogP contribution in [0.2, 0.25) is 10.0 Å². The number of anilines is 2. The van der Waals surface area contributed by atoms with Gasteiger partial charge in [-0.25, -0.2) is 4.68 Å². The summed E-state index contributed by atoms with van der Waals surface area (Å²) in [5.41, 5.74) is 4.60. The summed E-state index contributed by atoms with van der Waals surface area (Å²) >= 11 is 13.9. The van der Waals surface area contributed by atoms with Crippen LogP contribution >= 0.6 is 35.0 Å². The second kappa shape index (κ2) is 14.3. The van der Waals surface area contributed by atoms with Gasteiger partial charge in [0.1, 0.15) is 24.1 Å². The lowest BCUT2D eigenvalue weighted by Gasteiger charge is -2.29. The number of amides is 1. The van der Waals surface area contributed by atoms with Gasteiger partial charge in [-0.2, -0.15) is 4.98 Å². The third-order valence-corrected chi connectivity index (χ3v) is 8.82. The Labute approximate surface area is 281 Å². The summed E-state index contributed by atoms with van der Waals surface area (Å²) in [4.78, 5) is 18.8. The monoisotopic (exact) mass is 671 g/mol. The van der Waals surface area contributed by atoms with Crippen molar-refractivity contribution in [2.75, 3.05) is 17.2 Å². The van der Waals surface area contributed by atoms with Gasteiger partial charge in [0.05, 0.1) is 17.9 Å². The highest BCUT2D eigenvalue weighted by atomic mass is 35.5. The Hall–Kier alpha value is -4.44. The zero-order chi connectivity index (χ0) is 32.0. The van der Waals surface area contributed by atoms with Crippen molar-refractivity contribution in [3.05, 3.63) is 135 Å². The molecule has 1 aliphatic rings. The number of carbonyl (C=O) groups is 1. The third kappa shape index (κ3) is 7.17. The summed E-state index contributed by atoms with van der Waals surface area (Å²) < 4.78 is 13.6. The number of nitrogens with zero attached hydrogens (tertiary/aromatic N) is 3. The van der Waals surface area contributed by atoms with Gasteiger partial charge < -0.3 is 20.1 Å². The lowest BCUT2D eigenvalue weighted by Crippen LogP contribution is -2.31. The molecule has 1 amide bonds. The molecule has 234 valence electrons. The van der Waals surface area contributed by atoms with Crippen molar-refractivity contribution in [1.82, 2.24) is 14.8 Å². The third-order valence-electron chi connectivity index (χ3n) is 7.33. The molecule has 0 fully saturated rings. The summed E-state index contributed by atoms with van der Waals surface area (Å²) in [7, 11) is 0. The molecule has 6 rings (SSSR count). The predicted octanol–water partition coefficient (Wildman–Crippen LogP) is 8.78. The minimum Gasteiger partial charge on any atom is -0.492 e. The van der Waals surface area contributed by atoms with Crippen LogP contribution in [0.1, 0.15) is 36.6 Å². The van der Waals surface area contributed by atoms with E-state index in [-0.39, 0.29) is 12.5 Å². The standard InChI is InChI=1S/C35H31Cl2N5O3S/c1-3-44-30-12-8-7-11-29(30)39-33(43)31-22(2)38-34-40-35(46-21-23-9-5-4-6-10-23)41-42(34)32(31)24-14-17-27(18-15-24)45-20-25-13-16-26(36)19-28(25)37/h4-19,32H,3,20-21H2,1-2H3,(H,39,43)(H,38,40,41). The van der Waals surface area contributed by atoms with Crippen LogP contribution < -0.4 is 20.1 Å². The van der Waals surface area contributed by atoms with E-state index in [1.54, 1.807) is 16.8 Å². The smallest absolute Gasteiger partial charge is 0.255 e. The Bertz CT molecular complexity index is 1880. The van der Waals surface area contributed by atoms with E-state index < -0.39 is 6.04 Å². The van der Waals surface area contributed by atoms with E-state index in [4.69, 9.17) is 42.8 Å². The molecule has 2 N–H and O–H groups in total. The molecule has 0 saturated carbocycles. The highest BCUT2D eigenvalue weighted by Crippen LogP contribution is 2.38. The Morgan fingerprint density at radius 1 is 0.978 bits per heavy atom. The van der Waals surface area contributed by atoms with Gasteiger partial charge in [-0.3, -0.25) is 4.79 Å². The normalized spacial score (nSPS) is 14.0. The maximum Gasteiger partial charge on any atom is 0.255 e. The average molecular weight is 673 g/mol. The fourth-order valence-electron chi connectivity index (χ4n) is 5.10. The average Bonchev–Trinajstić information content (AvgIpc) is 3.47. The van der Waals surface area contributed by atoms with Gasteiger partial charge in [0.25, 0.3) is 5.91 Å². The number of para-hydroxylation sites is 2. The van der Waals surface area contributed by atoms with Gasteiger partial charge in [0.15, 0.2) is 0 Å². The van der Waals surface area contributed by atoms with E-state index in [2.05, 4.69) is 22.8 Å². The molecule has 46 heavy (non-hydrogen) atoms. The first-order chi connectivity index (χ1) is 22.4. The minimum absolute atomic E-state index is 0.278. The number of hydrogen-bond donors (Lipinski definition) is 2. The molecule has 0 spiro atoms. The minimum atomic E-state index is -0.561. The van der Waals surface area contributed by atoms with Gasteiger partial charge in [0, 0.05) is 27.1 Å². The van der Waals surface area contributed by atoms with Crippen molar-refractivity contribution in [1.29, 1.82) is 0 Å². The Balaban J connectivity index is 1.30. The van der Waals surface area contributed by atoms with Crippen LogP contribution in [0.3, 0.4) is 0 Å². The van der Waals surface area contributed by atoms with Gasteiger partial charge in [-0.1, -0.05) is 95.6 Å². The van der Waals surface area contributed by atoms with Gasteiger partial charge in [-0.15, -0.1) is 5.10 Å². The maximum atomic E-state index is 14.0. The molecule has 0 bridgehead atoms. The molecule has 11 heteroatoms. The molecule has 4 aromatic carbocycles. The van der Waals surface area contributed by atoms with Crippen molar-refractivity contribution in [3.63, 3.8) is 0 Å². The summed E-state index contributed by atoms with van der Waals surface area (Å²) in [6.45, 7) is 4.54. The van der Waals surface area contributed by atoms with Crippen LogP contribution in [-0.4, -0.2) is 27.3 Å². The first-order valence-electron chi connectivity index (χ1n) is 14.7. The molecule has 1 unspecified atom stereocenters. The van der Waals surface area contributed by atoms with E-state index in [0.29, 0.717) is 62.0 Å². The zero-order valence-electron chi connectivity index (χ0n) is 25.2. The fraction of sp³-hybridized carbons (Fsp3) is 0.171. The number of nitrogens with one attached hydrogen (secondary N) is 2. The van der Waals surface area contributed by atoms with Crippen LogP contribution in [0.25, 0.3) is 0 Å². The quantitative estimate of drug-likeness (QED) is 0.136. The van der Waals surface area contributed by atoms with Gasteiger partial charge in [0.2, 0.25) is 11.1 Å².